The van der Waals surface area contributed by atoms with Gasteiger partial charge in [-0.25, -0.2) is 0 Å². The topological polar surface area (TPSA) is 36.7 Å². The van der Waals surface area contributed by atoms with Crippen LogP contribution in [0.2, 0.25) is 0 Å². The molecule has 0 aromatic carbocycles. The first-order valence-electron chi connectivity index (χ1n) is 4.24. The van der Waals surface area contributed by atoms with Crippen LogP contribution < -0.4 is 0 Å². The zero-order valence-corrected chi connectivity index (χ0v) is 9.27. The molecule has 0 radical (unpaired) electrons. The number of nitrogens with zero attached hydrogens (tertiary/aromatic N) is 2. The van der Waals surface area contributed by atoms with Gasteiger partial charge >= 0.3 is 0 Å². The van der Waals surface area contributed by atoms with Gasteiger partial charge < -0.3 is 0 Å². The number of pyridine rings is 1. The minimum atomic E-state index is 0.553. The highest BCUT2D eigenvalue weighted by atomic mass is 32.2. The molecule has 0 fully saturated rings. The Hall–Kier alpha value is -0.920. The average Bonchev–Trinajstić information content (AvgIpc) is 2.20. The van der Waals surface area contributed by atoms with E-state index in [2.05, 4.69) is 11.1 Å². The summed E-state index contributed by atoms with van der Waals surface area (Å²) in [5.41, 5.74) is 1.13. The molecule has 2 nitrogen and oxygen atoms in total. The molecule has 0 saturated carbocycles. The molecule has 1 heterocycles. The first-order chi connectivity index (χ1) is 6.83. The Morgan fingerprint density at radius 2 is 2.50 bits per heavy atom. The number of thioether (sulfide) groups is 1. The highest BCUT2D eigenvalue weighted by Gasteiger charge is 1.99. The predicted molar refractivity (Wildman–Crippen MR) is 63.2 cm³/mol. The van der Waals surface area contributed by atoms with Crippen LogP contribution in [0.15, 0.2) is 24.5 Å². The molecular weight excluding hydrogens is 212 g/mol. The lowest BCUT2D eigenvalue weighted by Gasteiger charge is -2.01. The van der Waals surface area contributed by atoms with E-state index in [0.29, 0.717) is 6.42 Å². The maximum Gasteiger partial charge on any atom is 0.0630 e. The number of hydrogen-bond acceptors (Lipinski definition) is 4. The second-order valence-electron chi connectivity index (χ2n) is 2.67. The summed E-state index contributed by atoms with van der Waals surface area (Å²) in [6.07, 6.45) is 4.88. The van der Waals surface area contributed by atoms with Crippen molar-refractivity contribution in [3.63, 3.8) is 0 Å². The lowest BCUT2D eigenvalue weighted by atomic mass is 10.2. The molecule has 0 aliphatic carbocycles. The van der Waals surface area contributed by atoms with Crippen molar-refractivity contribution >= 4 is 28.2 Å². The summed E-state index contributed by atoms with van der Waals surface area (Å²) < 4.78 is 0.924. The molecule has 0 aliphatic heterocycles. The van der Waals surface area contributed by atoms with Gasteiger partial charge in [-0.05, 0) is 11.6 Å². The van der Waals surface area contributed by atoms with E-state index < -0.39 is 0 Å². The SMILES string of the molecule is N#CCCSC(=S)Cc1cccnc1. The number of rotatable bonds is 4. The first kappa shape index (κ1) is 11.2. The van der Waals surface area contributed by atoms with Crippen molar-refractivity contribution < 1.29 is 0 Å². The van der Waals surface area contributed by atoms with Crippen molar-refractivity contribution in [3.8, 4) is 6.07 Å². The lowest BCUT2D eigenvalue weighted by molar-refractivity contribution is 1.23. The van der Waals surface area contributed by atoms with Crippen molar-refractivity contribution in [2.45, 2.75) is 12.8 Å². The zero-order valence-electron chi connectivity index (χ0n) is 7.64. The van der Waals surface area contributed by atoms with E-state index in [9.17, 15) is 0 Å². The van der Waals surface area contributed by atoms with Gasteiger partial charge in [-0.1, -0.05) is 18.3 Å². The Bertz CT molecular complexity index is 330. The van der Waals surface area contributed by atoms with E-state index in [1.54, 1.807) is 18.0 Å². The Morgan fingerprint density at radius 1 is 1.64 bits per heavy atom. The molecular formula is C10H10N2S2. The zero-order chi connectivity index (χ0) is 10.2. The van der Waals surface area contributed by atoms with Crippen LogP contribution in [0, 0.1) is 11.3 Å². The largest absolute Gasteiger partial charge is 0.264 e. The fourth-order valence-corrected chi connectivity index (χ4v) is 2.04. The molecule has 0 amide bonds. The van der Waals surface area contributed by atoms with E-state index in [-0.39, 0.29) is 0 Å². The smallest absolute Gasteiger partial charge is 0.0630 e. The van der Waals surface area contributed by atoms with Gasteiger partial charge in [-0.3, -0.25) is 4.98 Å². The molecule has 0 N–H and O–H groups in total. The summed E-state index contributed by atoms with van der Waals surface area (Å²) in [4.78, 5) is 4.01. The van der Waals surface area contributed by atoms with Crippen molar-refractivity contribution in [3.05, 3.63) is 30.1 Å². The van der Waals surface area contributed by atoms with Gasteiger partial charge in [-0.15, -0.1) is 11.8 Å². The van der Waals surface area contributed by atoms with Crippen LogP contribution in [0.3, 0.4) is 0 Å². The van der Waals surface area contributed by atoms with E-state index in [0.717, 1.165) is 21.9 Å². The van der Waals surface area contributed by atoms with Crippen LogP contribution in [-0.2, 0) is 6.42 Å². The summed E-state index contributed by atoms with van der Waals surface area (Å²) >= 11 is 6.75. The van der Waals surface area contributed by atoms with Crippen molar-refractivity contribution in [1.82, 2.24) is 4.98 Å². The minimum absolute atomic E-state index is 0.553. The quantitative estimate of drug-likeness (QED) is 0.579. The van der Waals surface area contributed by atoms with E-state index >= 15 is 0 Å². The second-order valence-corrected chi connectivity index (χ2v) is 4.61. The van der Waals surface area contributed by atoms with E-state index in [1.165, 1.54) is 0 Å². The van der Waals surface area contributed by atoms with Crippen LogP contribution in [0.25, 0.3) is 0 Å². The molecule has 1 aromatic heterocycles. The summed E-state index contributed by atoms with van der Waals surface area (Å²) in [6.45, 7) is 0. The van der Waals surface area contributed by atoms with Gasteiger partial charge in [0.1, 0.15) is 0 Å². The van der Waals surface area contributed by atoms with Crippen molar-refractivity contribution in [2.24, 2.45) is 0 Å². The molecule has 14 heavy (non-hydrogen) atoms. The fraction of sp³-hybridized carbons (Fsp3) is 0.300. The molecule has 0 aliphatic rings. The fourth-order valence-electron chi connectivity index (χ4n) is 0.931. The van der Waals surface area contributed by atoms with Crippen LogP contribution in [0.1, 0.15) is 12.0 Å². The standard InChI is InChI=1S/C10H10N2S2/c11-4-2-6-14-10(13)7-9-3-1-5-12-8-9/h1,3,5,8H,2,6-7H2. The number of nitriles is 1. The predicted octanol–water partition coefficient (Wildman–Crippen LogP) is 2.60. The molecule has 1 rings (SSSR count). The molecule has 0 bridgehead atoms. The molecule has 0 spiro atoms. The Morgan fingerprint density at radius 3 is 3.14 bits per heavy atom. The normalized spacial score (nSPS) is 9.36. The summed E-state index contributed by atoms with van der Waals surface area (Å²) in [5.74, 6) is 0.787. The van der Waals surface area contributed by atoms with Crippen molar-refractivity contribution in [1.29, 1.82) is 5.26 Å². The third-order valence-electron chi connectivity index (χ3n) is 1.55. The number of aromatic nitrogens is 1. The van der Waals surface area contributed by atoms with Crippen LogP contribution >= 0.6 is 24.0 Å². The third-order valence-corrected chi connectivity index (χ3v) is 2.92. The summed E-state index contributed by atoms with van der Waals surface area (Å²) in [5, 5.41) is 8.35. The van der Waals surface area contributed by atoms with Gasteiger partial charge in [0.25, 0.3) is 0 Å². The van der Waals surface area contributed by atoms with E-state index in [1.807, 2.05) is 18.3 Å². The van der Waals surface area contributed by atoms with Gasteiger partial charge in [0.05, 0.1) is 10.3 Å². The molecule has 1 aromatic rings. The highest BCUT2D eigenvalue weighted by molar-refractivity contribution is 8.23. The maximum atomic E-state index is 8.35. The van der Waals surface area contributed by atoms with Gasteiger partial charge in [-0.2, -0.15) is 5.26 Å². The average molecular weight is 222 g/mol. The Labute approximate surface area is 93.4 Å². The minimum Gasteiger partial charge on any atom is -0.264 e. The summed E-state index contributed by atoms with van der Waals surface area (Å²) in [7, 11) is 0. The molecule has 72 valence electrons. The van der Waals surface area contributed by atoms with Gasteiger partial charge in [0, 0.05) is 31.0 Å². The van der Waals surface area contributed by atoms with Gasteiger partial charge in [0.15, 0.2) is 0 Å². The molecule has 0 atom stereocenters. The maximum absolute atomic E-state index is 8.35. The third kappa shape index (κ3) is 4.35. The highest BCUT2D eigenvalue weighted by Crippen LogP contribution is 2.11. The molecule has 4 heteroatoms. The van der Waals surface area contributed by atoms with E-state index in [4.69, 9.17) is 17.5 Å². The Balaban J connectivity index is 2.32. The van der Waals surface area contributed by atoms with Crippen molar-refractivity contribution in [2.75, 3.05) is 5.75 Å². The van der Waals surface area contributed by atoms with Crippen LogP contribution in [0.5, 0.6) is 0 Å². The Kier molecular flexibility index (Phi) is 5.20. The summed E-state index contributed by atoms with van der Waals surface area (Å²) in [6, 6.07) is 6.00. The monoisotopic (exact) mass is 222 g/mol. The molecule has 0 unspecified atom stereocenters. The first-order valence-corrected chi connectivity index (χ1v) is 5.64. The lowest BCUT2D eigenvalue weighted by Crippen LogP contribution is -1.96. The molecule has 0 saturated heterocycles. The van der Waals surface area contributed by atoms with Crippen LogP contribution in [0.4, 0.5) is 0 Å². The number of thiocarbonyl (C=S) groups is 1. The number of hydrogen-bond donors (Lipinski definition) is 0. The van der Waals surface area contributed by atoms with Crippen LogP contribution in [-0.4, -0.2) is 14.9 Å². The van der Waals surface area contributed by atoms with Gasteiger partial charge in [0.2, 0.25) is 0 Å². The second kappa shape index (κ2) is 6.52.